The average Bonchev–Trinajstić information content (AvgIpc) is 3.36. The van der Waals surface area contributed by atoms with Crippen molar-refractivity contribution in [2.75, 3.05) is 26.2 Å². The number of nitrogens with zero attached hydrogens (tertiary/aromatic N) is 2. The highest BCUT2D eigenvalue weighted by Gasteiger charge is 2.58. The lowest BCUT2D eigenvalue weighted by Crippen LogP contribution is -2.53. The maximum Gasteiger partial charge on any atom is 0.319 e. The minimum Gasteiger partial charge on any atom is -0.480 e. The number of carbonyl (C=O) groups excluding carboxylic acids is 2. The third-order valence-electron chi connectivity index (χ3n) is 4.53. The molecule has 1 aliphatic heterocycles. The van der Waals surface area contributed by atoms with Crippen LogP contribution in [-0.2, 0) is 9.59 Å². The summed E-state index contributed by atoms with van der Waals surface area (Å²) >= 11 is 3.37. The molecular formula is C16H17BrN2O4. The highest BCUT2D eigenvalue weighted by atomic mass is 79.9. The fraction of sp³-hybridized carbons (Fsp3) is 0.438. The minimum atomic E-state index is -1.20. The van der Waals surface area contributed by atoms with E-state index in [1.54, 1.807) is 15.9 Å². The van der Waals surface area contributed by atoms with Crippen LogP contribution in [0.15, 0.2) is 28.7 Å². The van der Waals surface area contributed by atoms with Crippen molar-refractivity contribution >= 4 is 33.7 Å². The Bertz CT molecular complexity index is 664. The zero-order chi connectivity index (χ0) is 16.6. The van der Waals surface area contributed by atoms with Gasteiger partial charge >= 0.3 is 5.97 Å². The third-order valence-corrected chi connectivity index (χ3v) is 5.22. The molecule has 1 aliphatic carbocycles. The van der Waals surface area contributed by atoms with Gasteiger partial charge in [0.25, 0.3) is 5.91 Å². The second-order valence-electron chi connectivity index (χ2n) is 5.95. The van der Waals surface area contributed by atoms with Gasteiger partial charge in [-0.15, -0.1) is 0 Å². The van der Waals surface area contributed by atoms with Crippen LogP contribution in [0.3, 0.4) is 0 Å². The van der Waals surface area contributed by atoms with E-state index in [4.69, 9.17) is 0 Å². The largest absolute Gasteiger partial charge is 0.480 e. The first-order chi connectivity index (χ1) is 11.0. The SMILES string of the molecule is O=C(c1ccccc1Br)N1CCN(C(=O)C2(C(=O)O)CC2)CC1. The quantitative estimate of drug-likeness (QED) is 0.807. The number of hydrogen-bond donors (Lipinski definition) is 1. The minimum absolute atomic E-state index is 0.0797. The Morgan fingerprint density at radius 2 is 1.57 bits per heavy atom. The molecule has 0 spiro atoms. The first-order valence-electron chi connectivity index (χ1n) is 7.52. The number of carboxylic acid groups (broad SMARTS) is 1. The molecule has 6 nitrogen and oxygen atoms in total. The summed E-state index contributed by atoms with van der Waals surface area (Å²) in [5.74, 6) is -1.42. The Morgan fingerprint density at radius 1 is 1.00 bits per heavy atom. The number of amides is 2. The highest BCUT2D eigenvalue weighted by molar-refractivity contribution is 9.10. The molecule has 3 rings (SSSR count). The van der Waals surface area contributed by atoms with E-state index in [-0.39, 0.29) is 11.8 Å². The van der Waals surface area contributed by atoms with E-state index in [0.717, 1.165) is 4.47 Å². The van der Waals surface area contributed by atoms with Gasteiger partial charge in [0.2, 0.25) is 5.91 Å². The molecule has 0 bridgehead atoms. The van der Waals surface area contributed by atoms with Gasteiger partial charge in [0.05, 0.1) is 5.56 Å². The zero-order valence-corrected chi connectivity index (χ0v) is 14.1. The van der Waals surface area contributed by atoms with Gasteiger partial charge in [0.1, 0.15) is 5.41 Å². The van der Waals surface area contributed by atoms with E-state index in [1.807, 2.05) is 18.2 Å². The fourth-order valence-electron chi connectivity index (χ4n) is 2.86. The van der Waals surface area contributed by atoms with E-state index < -0.39 is 11.4 Å². The molecule has 1 saturated heterocycles. The van der Waals surface area contributed by atoms with Gasteiger partial charge in [0, 0.05) is 30.7 Å². The second kappa shape index (κ2) is 5.96. The summed E-state index contributed by atoms with van der Waals surface area (Å²) in [5, 5.41) is 9.21. The lowest BCUT2D eigenvalue weighted by molar-refractivity contribution is -0.154. The molecule has 2 fully saturated rings. The van der Waals surface area contributed by atoms with Crippen LogP contribution >= 0.6 is 15.9 Å². The van der Waals surface area contributed by atoms with E-state index in [0.29, 0.717) is 44.6 Å². The third kappa shape index (κ3) is 2.85. The Balaban J connectivity index is 1.63. The van der Waals surface area contributed by atoms with Gasteiger partial charge in [-0.3, -0.25) is 14.4 Å². The van der Waals surface area contributed by atoms with Crippen LogP contribution in [0.2, 0.25) is 0 Å². The lowest BCUT2D eigenvalue weighted by Gasteiger charge is -2.36. The molecule has 0 aromatic heterocycles. The first kappa shape index (κ1) is 16.0. The summed E-state index contributed by atoms with van der Waals surface area (Å²) in [6, 6.07) is 7.23. The number of halogens is 1. The van der Waals surface area contributed by atoms with Crippen molar-refractivity contribution in [2.45, 2.75) is 12.8 Å². The van der Waals surface area contributed by atoms with Crippen LogP contribution in [-0.4, -0.2) is 58.9 Å². The van der Waals surface area contributed by atoms with Crippen molar-refractivity contribution in [2.24, 2.45) is 5.41 Å². The number of benzene rings is 1. The van der Waals surface area contributed by atoms with Crippen LogP contribution in [0, 0.1) is 5.41 Å². The van der Waals surface area contributed by atoms with E-state index >= 15 is 0 Å². The lowest BCUT2D eigenvalue weighted by atomic mass is 10.1. The Morgan fingerprint density at radius 3 is 2.09 bits per heavy atom. The molecule has 7 heteroatoms. The fourth-order valence-corrected chi connectivity index (χ4v) is 3.32. The Kier molecular flexibility index (Phi) is 4.14. The number of piperazine rings is 1. The highest BCUT2D eigenvalue weighted by Crippen LogP contribution is 2.47. The van der Waals surface area contributed by atoms with Gasteiger partial charge in [-0.1, -0.05) is 12.1 Å². The average molecular weight is 381 g/mol. The monoisotopic (exact) mass is 380 g/mol. The van der Waals surface area contributed by atoms with Gasteiger partial charge in [0.15, 0.2) is 0 Å². The number of carbonyl (C=O) groups is 3. The van der Waals surface area contributed by atoms with Crippen molar-refractivity contribution in [1.82, 2.24) is 9.80 Å². The molecule has 0 atom stereocenters. The summed E-state index contributed by atoms with van der Waals surface area (Å²) < 4.78 is 0.742. The van der Waals surface area contributed by atoms with Crippen molar-refractivity contribution in [1.29, 1.82) is 0 Å². The van der Waals surface area contributed by atoms with Gasteiger partial charge in [-0.2, -0.15) is 0 Å². The number of rotatable bonds is 3. The number of hydrogen-bond acceptors (Lipinski definition) is 3. The van der Waals surface area contributed by atoms with E-state index in [9.17, 15) is 19.5 Å². The number of carboxylic acids is 1. The maximum absolute atomic E-state index is 12.5. The Hall–Kier alpha value is -1.89. The molecule has 1 heterocycles. The van der Waals surface area contributed by atoms with E-state index in [2.05, 4.69) is 15.9 Å². The molecule has 0 radical (unpaired) electrons. The van der Waals surface area contributed by atoms with Crippen molar-refractivity contribution < 1.29 is 19.5 Å². The van der Waals surface area contributed by atoms with Crippen molar-refractivity contribution in [3.8, 4) is 0 Å². The predicted octanol–water partition coefficient (Wildman–Crippen LogP) is 1.60. The second-order valence-corrected chi connectivity index (χ2v) is 6.81. The summed E-state index contributed by atoms with van der Waals surface area (Å²) in [7, 11) is 0. The normalized spacial score (nSPS) is 19.3. The van der Waals surface area contributed by atoms with Crippen LogP contribution in [0.25, 0.3) is 0 Å². The van der Waals surface area contributed by atoms with Crippen molar-refractivity contribution in [3.63, 3.8) is 0 Å². The summed E-state index contributed by atoms with van der Waals surface area (Å²) in [5.41, 5.74) is -0.606. The summed E-state index contributed by atoms with van der Waals surface area (Å²) in [6.45, 7) is 1.59. The molecule has 2 amide bonds. The first-order valence-corrected chi connectivity index (χ1v) is 8.31. The molecule has 122 valence electrons. The molecule has 1 aromatic rings. The molecule has 23 heavy (non-hydrogen) atoms. The maximum atomic E-state index is 12.5. The van der Waals surface area contributed by atoms with Crippen LogP contribution in [0.1, 0.15) is 23.2 Å². The zero-order valence-electron chi connectivity index (χ0n) is 12.5. The predicted molar refractivity (Wildman–Crippen MR) is 85.9 cm³/mol. The molecular weight excluding hydrogens is 364 g/mol. The van der Waals surface area contributed by atoms with Gasteiger partial charge in [-0.25, -0.2) is 0 Å². The van der Waals surface area contributed by atoms with Gasteiger partial charge in [-0.05, 0) is 40.9 Å². The molecule has 2 aliphatic rings. The van der Waals surface area contributed by atoms with Crippen molar-refractivity contribution in [3.05, 3.63) is 34.3 Å². The number of aliphatic carboxylic acids is 1. The van der Waals surface area contributed by atoms with Gasteiger partial charge < -0.3 is 14.9 Å². The van der Waals surface area contributed by atoms with E-state index in [1.165, 1.54) is 0 Å². The van der Waals surface area contributed by atoms with Crippen LogP contribution in [0.5, 0.6) is 0 Å². The van der Waals surface area contributed by atoms with Crippen LogP contribution in [0.4, 0.5) is 0 Å². The standard InChI is InChI=1S/C16H17BrN2O4/c17-12-4-2-1-3-11(12)13(20)18-7-9-19(10-8-18)14(21)16(5-6-16)15(22)23/h1-4H,5-10H2,(H,22,23). The Labute approximate surface area is 142 Å². The molecule has 1 N–H and O–H groups in total. The smallest absolute Gasteiger partial charge is 0.319 e. The molecule has 1 aromatic carbocycles. The molecule has 1 saturated carbocycles. The molecule has 0 unspecified atom stereocenters. The summed E-state index contributed by atoms with van der Waals surface area (Å²) in [6.07, 6.45) is 0.828. The topological polar surface area (TPSA) is 77.9 Å². The summed E-state index contributed by atoms with van der Waals surface area (Å²) in [4.78, 5) is 39.4. The van der Waals surface area contributed by atoms with Crippen LogP contribution < -0.4 is 0 Å².